The van der Waals surface area contributed by atoms with Gasteiger partial charge in [-0.2, -0.15) is 0 Å². The van der Waals surface area contributed by atoms with Crippen LogP contribution in [0.25, 0.3) is 0 Å². The van der Waals surface area contributed by atoms with Gasteiger partial charge in [0, 0.05) is 10.7 Å². The molecule has 1 N–H and O–H groups in total. The minimum atomic E-state index is -0.915. The second-order valence-electron chi connectivity index (χ2n) is 5.42. The van der Waals surface area contributed by atoms with Crippen molar-refractivity contribution in [3.05, 3.63) is 64.2 Å². The molecule has 0 heterocycles. The minimum absolute atomic E-state index is 0.412. The molecule has 2 aromatic rings. The molecule has 0 saturated carbocycles. The van der Waals surface area contributed by atoms with Gasteiger partial charge in [0.25, 0.3) is 5.91 Å². The maximum absolute atomic E-state index is 12.1. The fourth-order valence-electron chi connectivity index (χ4n) is 2.18. The van der Waals surface area contributed by atoms with Crippen molar-refractivity contribution in [3.63, 3.8) is 0 Å². The molecule has 4 nitrogen and oxygen atoms in total. The molecule has 2 aromatic carbocycles. The van der Waals surface area contributed by atoms with Gasteiger partial charge < -0.3 is 10.1 Å². The Morgan fingerprint density at radius 1 is 1.09 bits per heavy atom. The Hall–Kier alpha value is -2.33. The van der Waals surface area contributed by atoms with Crippen LogP contribution in [0.3, 0.4) is 0 Å². The highest BCUT2D eigenvalue weighted by Gasteiger charge is 2.19. The number of hydrogen-bond acceptors (Lipinski definition) is 3. The van der Waals surface area contributed by atoms with Gasteiger partial charge in [0.05, 0.1) is 5.56 Å². The zero-order valence-electron chi connectivity index (χ0n) is 13.2. The van der Waals surface area contributed by atoms with E-state index in [2.05, 4.69) is 5.32 Å². The van der Waals surface area contributed by atoms with Gasteiger partial charge in [0.15, 0.2) is 6.10 Å². The smallest absolute Gasteiger partial charge is 0.338 e. The van der Waals surface area contributed by atoms with Crippen LogP contribution in [0.4, 0.5) is 5.69 Å². The molecular formula is C18H18ClNO3. The fourth-order valence-corrected chi connectivity index (χ4v) is 2.38. The highest BCUT2D eigenvalue weighted by atomic mass is 35.5. The standard InChI is InChI=1S/C18H18ClNO3/c1-11-7-12(2)9-14(8-11)18(22)23-13(3)17(21)20-16-6-4-5-15(19)10-16/h4-10,13H,1-3H3,(H,20,21)/t13-/m1/s1. The van der Waals surface area contributed by atoms with Crippen molar-refractivity contribution in [2.24, 2.45) is 0 Å². The topological polar surface area (TPSA) is 55.4 Å². The SMILES string of the molecule is Cc1cc(C)cc(C(=O)O[C@H](C)C(=O)Nc2cccc(Cl)c2)c1. The van der Waals surface area contributed by atoms with Crippen molar-refractivity contribution in [1.82, 2.24) is 0 Å². The molecule has 0 radical (unpaired) electrons. The van der Waals surface area contributed by atoms with Crippen molar-refractivity contribution in [3.8, 4) is 0 Å². The molecule has 0 saturated heterocycles. The lowest BCUT2D eigenvalue weighted by atomic mass is 10.1. The Kier molecular flexibility index (Phi) is 5.40. The summed E-state index contributed by atoms with van der Waals surface area (Å²) >= 11 is 5.87. The third-order valence-corrected chi connectivity index (χ3v) is 3.44. The number of hydrogen-bond donors (Lipinski definition) is 1. The predicted octanol–water partition coefficient (Wildman–Crippen LogP) is 4.14. The normalized spacial score (nSPS) is 11.7. The van der Waals surface area contributed by atoms with E-state index in [-0.39, 0.29) is 0 Å². The Balaban J connectivity index is 2.01. The van der Waals surface area contributed by atoms with Gasteiger partial charge in [-0.05, 0) is 51.1 Å². The summed E-state index contributed by atoms with van der Waals surface area (Å²) in [6.07, 6.45) is -0.915. The van der Waals surface area contributed by atoms with Crippen molar-refractivity contribution in [2.75, 3.05) is 5.32 Å². The van der Waals surface area contributed by atoms with Crippen LogP contribution in [0, 0.1) is 13.8 Å². The number of esters is 1. The summed E-state index contributed by atoms with van der Waals surface area (Å²) < 4.78 is 5.23. The Bertz CT molecular complexity index is 723. The molecular weight excluding hydrogens is 314 g/mol. The third kappa shape index (κ3) is 4.83. The molecule has 5 heteroatoms. The van der Waals surface area contributed by atoms with Gasteiger partial charge in [-0.15, -0.1) is 0 Å². The Labute approximate surface area is 140 Å². The van der Waals surface area contributed by atoms with E-state index in [1.807, 2.05) is 19.9 Å². The fraction of sp³-hybridized carbons (Fsp3) is 0.222. The van der Waals surface area contributed by atoms with Crippen molar-refractivity contribution >= 4 is 29.2 Å². The summed E-state index contributed by atoms with van der Waals surface area (Å²) in [5, 5.41) is 3.18. The van der Waals surface area contributed by atoms with Crippen LogP contribution >= 0.6 is 11.6 Å². The first-order chi connectivity index (χ1) is 10.8. The number of anilines is 1. The number of amides is 1. The van der Waals surface area contributed by atoms with Gasteiger partial charge in [-0.25, -0.2) is 4.79 Å². The molecule has 2 rings (SSSR count). The van der Waals surface area contributed by atoms with Crippen LogP contribution in [0.5, 0.6) is 0 Å². The van der Waals surface area contributed by atoms with E-state index < -0.39 is 18.0 Å². The van der Waals surface area contributed by atoms with Gasteiger partial charge in [-0.1, -0.05) is 34.9 Å². The maximum atomic E-state index is 12.1. The molecule has 23 heavy (non-hydrogen) atoms. The molecule has 1 amide bonds. The van der Waals surface area contributed by atoms with Crippen LogP contribution in [0.2, 0.25) is 5.02 Å². The highest BCUT2D eigenvalue weighted by Crippen LogP contribution is 2.16. The number of nitrogens with one attached hydrogen (secondary N) is 1. The third-order valence-electron chi connectivity index (χ3n) is 3.20. The van der Waals surface area contributed by atoms with Crippen molar-refractivity contribution in [1.29, 1.82) is 0 Å². The molecule has 0 aliphatic carbocycles. The second-order valence-corrected chi connectivity index (χ2v) is 5.86. The molecule has 120 valence electrons. The van der Waals surface area contributed by atoms with Crippen LogP contribution in [0.1, 0.15) is 28.4 Å². The van der Waals surface area contributed by atoms with E-state index in [1.165, 1.54) is 6.92 Å². The number of halogens is 1. The number of ether oxygens (including phenoxy) is 1. The quantitative estimate of drug-likeness (QED) is 0.857. The largest absolute Gasteiger partial charge is 0.449 e. The predicted molar refractivity (Wildman–Crippen MR) is 90.9 cm³/mol. The first kappa shape index (κ1) is 17.0. The average Bonchev–Trinajstić information content (AvgIpc) is 2.46. The summed E-state index contributed by atoms with van der Waals surface area (Å²) in [6.45, 7) is 5.33. The zero-order valence-corrected chi connectivity index (χ0v) is 14.0. The molecule has 0 fully saturated rings. The summed E-state index contributed by atoms with van der Waals surface area (Å²) in [5.41, 5.74) is 2.92. The van der Waals surface area contributed by atoms with E-state index in [0.29, 0.717) is 16.3 Å². The number of aryl methyl sites for hydroxylation is 2. The van der Waals surface area contributed by atoms with E-state index >= 15 is 0 Å². The van der Waals surface area contributed by atoms with Gasteiger partial charge in [-0.3, -0.25) is 4.79 Å². The summed E-state index contributed by atoms with van der Waals surface area (Å²) in [7, 11) is 0. The summed E-state index contributed by atoms with van der Waals surface area (Å²) in [4.78, 5) is 24.2. The lowest BCUT2D eigenvalue weighted by molar-refractivity contribution is -0.123. The van der Waals surface area contributed by atoms with E-state index in [4.69, 9.17) is 16.3 Å². The minimum Gasteiger partial charge on any atom is -0.449 e. The van der Waals surface area contributed by atoms with Crippen molar-refractivity contribution in [2.45, 2.75) is 26.9 Å². The van der Waals surface area contributed by atoms with E-state index in [1.54, 1.807) is 36.4 Å². The molecule has 1 atom stereocenters. The Morgan fingerprint density at radius 3 is 2.35 bits per heavy atom. The second kappa shape index (κ2) is 7.29. The molecule has 0 spiro atoms. The average molecular weight is 332 g/mol. The summed E-state index contributed by atoms with van der Waals surface area (Å²) in [6, 6.07) is 12.2. The highest BCUT2D eigenvalue weighted by molar-refractivity contribution is 6.30. The Morgan fingerprint density at radius 2 is 1.74 bits per heavy atom. The van der Waals surface area contributed by atoms with Crippen LogP contribution < -0.4 is 5.32 Å². The molecule has 0 aliphatic rings. The molecule has 0 aliphatic heterocycles. The van der Waals surface area contributed by atoms with Gasteiger partial charge in [0.2, 0.25) is 0 Å². The lowest BCUT2D eigenvalue weighted by Crippen LogP contribution is -2.30. The number of carbonyl (C=O) groups is 2. The number of rotatable bonds is 4. The lowest BCUT2D eigenvalue weighted by Gasteiger charge is -2.14. The number of benzene rings is 2. The first-order valence-electron chi connectivity index (χ1n) is 7.21. The number of carbonyl (C=O) groups excluding carboxylic acids is 2. The molecule has 0 aromatic heterocycles. The molecule has 0 unspecified atom stereocenters. The molecule has 0 bridgehead atoms. The first-order valence-corrected chi connectivity index (χ1v) is 7.58. The van der Waals surface area contributed by atoms with Crippen LogP contribution in [-0.4, -0.2) is 18.0 Å². The van der Waals surface area contributed by atoms with E-state index in [9.17, 15) is 9.59 Å². The van der Waals surface area contributed by atoms with Crippen LogP contribution in [0.15, 0.2) is 42.5 Å². The van der Waals surface area contributed by atoms with Crippen molar-refractivity contribution < 1.29 is 14.3 Å². The van der Waals surface area contributed by atoms with Crippen LogP contribution in [-0.2, 0) is 9.53 Å². The van der Waals surface area contributed by atoms with E-state index in [0.717, 1.165) is 11.1 Å². The monoisotopic (exact) mass is 331 g/mol. The maximum Gasteiger partial charge on any atom is 0.338 e. The summed E-state index contributed by atoms with van der Waals surface area (Å²) in [5.74, 6) is -0.935. The van der Waals surface area contributed by atoms with Gasteiger partial charge in [0.1, 0.15) is 0 Å². The zero-order chi connectivity index (χ0) is 17.0. The van der Waals surface area contributed by atoms with Gasteiger partial charge >= 0.3 is 5.97 Å².